The Balaban J connectivity index is 2.16. The zero-order valence-electron chi connectivity index (χ0n) is 16.0. The molecule has 0 radical (unpaired) electrons. The maximum Gasteiger partial charge on any atom is 0.193 e. The smallest absolute Gasteiger partial charge is 0.193 e. The number of likely N-dealkylation sites (N-methyl/N-ethyl adjacent to an activating group) is 1. The lowest BCUT2D eigenvalue weighted by Gasteiger charge is -2.22. The van der Waals surface area contributed by atoms with E-state index in [0.717, 1.165) is 24.1 Å². The van der Waals surface area contributed by atoms with Crippen molar-refractivity contribution in [3.63, 3.8) is 0 Å². The molecule has 2 aromatic rings. The number of aliphatic imine (C=N–C) groups is 1. The number of nitrogens with zero attached hydrogens (tertiary/aromatic N) is 4. The van der Waals surface area contributed by atoms with E-state index in [1.54, 1.807) is 0 Å². The summed E-state index contributed by atoms with van der Waals surface area (Å²) in [7, 11) is 6.00. The zero-order valence-corrected chi connectivity index (χ0v) is 16.0. The molecule has 3 N–H and O–H groups in total. The number of hydrogen-bond acceptors (Lipinski definition) is 3. The molecular formula is C19H30N6. The van der Waals surface area contributed by atoms with Gasteiger partial charge in [0.15, 0.2) is 5.96 Å². The van der Waals surface area contributed by atoms with E-state index in [-0.39, 0.29) is 6.04 Å². The van der Waals surface area contributed by atoms with Crippen LogP contribution in [0.25, 0.3) is 0 Å². The molecule has 0 saturated heterocycles. The number of anilines is 1. The van der Waals surface area contributed by atoms with Crippen molar-refractivity contribution in [2.24, 2.45) is 17.8 Å². The van der Waals surface area contributed by atoms with Crippen molar-refractivity contribution in [3.05, 3.63) is 47.3 Å². The van der Waals surface area contributed by atoms with Crippen molar-refractivity contribution < 1.29 is 0 Å². The number of aryl methyl sites for hydroxylation is 3. The monoisotopic (exact) mass is 342 g/mol. The van der Waals surface area contributed by atoms with Gasteiger partial charge in [0.2, 0.25) is 0 Å². The fourth-order valence-corrected chi connectivity index (χ4v) is 2.93. The molecule has 6 heteroatoms. The Morgan fingerprint density at radius 3 is 2.40 bits per heavy atom. The van der Waals surface area contributed by atoms with E-state index in [9.17, 15) is 0 Å². The average Bonchev–Trinajstić information content (AvgIpc) is 3.01. The molecular weight excluding hydrogens is 312 g/mol. The van der Waals surface area contributed by atoms with Crippen molar-refractivity contribution >= 4 is 11.6 Å². The molecule has 1 aromatic heterocycles. The summed E-state index contributed by atoms with van der Waals surface area (Å²) in [6.45, 7) is 4.88. The highest BCUT2D eigenvalue weighted by Gasteiger charge is 2.16. The van der Waals surface area contributed by atoms with Gasteiger partial charge in [0, 0.05) is 24.5 Å². The van der Waals surface area contributed by atoms with Crippen molar-refractivity contribution in [2.75, 3.05) is 26.0 Å². The zero-order chi connectivity index (χ0) is 18.4. The lowest BCUT2D eigenvalue weighted by molar-refractivity contribution is 0.306. The van der Waals surface area contributed by atoms with E-state index < -0.39 is 0 Å². The summed E-state index contributed by atoms with van der Waals surface area (Å²) in [5.74, 6) is 0.450. The first-order valence-electron chi connectivity index (χ1n) is 8.78. The van der Waals surface area contributed by atoms with E-state index in [1.807, 2.05) is 38.2 Å². The van der Waals surface area contributed by atoms with Gasteiger partial charge in [-0.15, -0.1) is 0 Å². The molecule has 0 amide bonds. The molecule has 0 aliphatic heterocycles. The molecule has 6 nitrogen and oxygen atoms in total. The minimum absolute atomic E-state index is 0.140. The first-order valence-corrected chi connectivity index (χ1v) is 8.78. The van der Waals surface area contributed by atoms with Crippen molar-refractivity contribution in [2.45, 2.75) is 32.7 Å². The maximum atomic E-state index is 6.18. The number of benzene rings is 1. The number of nitrogens with one attached hydrogen (secondary N) is 1. The van der Waals surface area contributed by atoms with E-state index in [0.29, 0.717) is 12.5 Å². The molecule has 25 heavy (non-hydrogen) atoms. The summed E-state index contributed by atoms with van der Waals surface area (Å²) in [5, 5.41) is 7.58. The number of aromatic nitrogens is 2. The van der Waals surface area contributed by atoms with E-state index >= 15 is 0 Å². The first-order chi connectivity index (χ1) is 12.0. The number of hydrogen-bond donors (Lipinski definition) is 2. The fraction of sp³-hybridized carbons (Fsp3) is 0.474. The van der Waals surface area contributed by atoms with Crippen LogP contribution in [0.15, 0.2) is 35.6 Å². The van der Waals surface area contributed by atoms with E-state index in [4.69, 9.17) is 5.73 Å². The van der Waals surface area contributed by atoms with Crippen LogP contribution in [0.2, 0.25) is 0 Å². The lowest BCUT2D eigenvalue weighted by atomic mass is 10.0. The van der Waals surface area contributed by atoms with Gasteiger partial charge in [0.05, 0.1) is 18.8 Å². The Labute approximate surface area is 150 Å². The maximum absolute atomic E-state index is 6.18. The fourth-order valence-electron chi connectivity index (χ4n) is 2.93. The summed E-state index contributed by atoms with van der Waals surface area (Å²) in [6.07, 6.45) is 5.82. The number of nitrogens with two attached hydrogens (primary N) is 1. The van der Waals surface area contributed by atoms with Crippen LogP contribution in [0.5, 0.6) is 0 Å². The minimum atomic E-state index is 0.140. The molecule has 136 valence electrons. The van der Waals surface area contributed by atoms with Gasteiger partial charge in [-0.1, -0.05) is 32.0 Å². The quantitative estimate of drug-likeness (QED) is 0.599. The van der Waals surface area contributed by atoms with Crippen LogP contribution in [0.1, 0.15) is 36.6 Å². The van der Waals surface area contributed by atoms with Gasteiger partial charge in [-0.3, -0.25) is 9.67 Å². The number of para-hydroxylation sites is 1. The normalized spacial score (nSPS) is 13.3. The highest BCUT2D eigenvalue weighted by molar-refractivity contribution is 5.93. The molecule has 0 saturated carbocycles. The van der Waals surface area contributed by atoms with Crippen LogP contribution >= 0.6 is 0 Å². The van der Waals surface area contributed by atoms with Gasteiger partial charge in [-0.25, -0.2) is 0 Å². The van der Waals surface area contributed by atoms with Gasteiger partial charge >= 0.3 is 0 Å². The third-order valence-electron chi connectivity index (χ3n) is 4.42. The van der Waals surface area contributed by atoms with Crippen LogP contribution in [-0.4, -0.2) is 41.3 Å². The van der Waals surface area contributed by atoms with Crippen molar-refractivity contribution in [3.8, 4) is 0 Å². The average molecular weight is 342 g/mol. The van der Waals surface area contributed by atoms with E-state index in [1.165, 1.54) is 11.1 Å². The van der Waals surface area contributed by atoms with Crippen LogP contribution in [0.4, 0.5) is 5.69 Å². The Morgan fingerprint density at radius 2 is 1.92 bits per heavy atom. The summed E-state index contributed by atoms with van der Waals surface area (Å²) in [6, 6.07) is 6.50. The molecule has 0 fully saturated rings. The molecule has 1 unspecified atom stereocenters. The van der Waals surface area contributed by atoms with Gasteiger partial charge in [-0.2, -0.15) is 5.10 Å². The molecule has 1 atom stereocenters. The molecule has 0 aliphatic carbocycles. The summed E-state index contributed by atoms with van der Waals surface area (Å²) < 4.78 is 1.81. The highest BCUT2D eigenvalue weighted by Crippen LogP contribution is 2.22. The Hall–Kier alpha value is -2.34. The van der Waals surface area contributed by atoms with Gasteiger partial charge in [0.1, 0.15) is 0 Å². The Bertz CT molecular complexity index is 694. The standard InChI is InChI=1S/C19H30N6/c1-6-14-9-8-10-15(7-2)18(14)23-19(20)21-12-17(24(3)4)16-11-22-25(5)13-16/h8-11,13,17H,6-7,12H2,1-5H3,(H3,20,21,23). The van der Waals surface area contributed by atoms with Crippen molar-refractivity contribution in [1.82, 2.24) is 14.7 Å². The molecule has 0 bridgehead atoms. The molecule has 2 rings (SSSR count). The molecule has 1 aromatic carbocycles. The largest absolute Gasteiger partial charge is 0.370 e. The topological polar surface area (TPSA) is 71.5 Å². The van der Waals surface area contributed by atoms with Crippen LogP contribution < -0.4 is 11.1 Å². The van der Waals surface area contributed by atoms with Crippen LogP contribution in [0.3, 0.4) is 0 Å². The summed E-state index contributed by atoms with van der Waals surface area (Å²) >= 11 is 0. The molecule has 0 spiro atoms. The van der Waals surface area contributed by atoms with Gasteiger partial charge < -0.3 is 16.0 Å². The second-order valence-electron chi connectivity index (χ2n) is 6.44. The Kier molecular flexibility index (Phi) is 6.58. The predicted molar refractivity (Wildman–Crippen MR) is 105 cm³/mol. The SMILES string of the molecule is CCc1cccc(CC)c1NC(N)=NCC(c1cnn(C)c1)N(C)C. The van der Waals surface area contributed by atoms with Crippen LogP contribution in [-0.2, 0) is 19.9 Å². The van der Waals surface area contributed by atoms with Gasteiger partial charge in [0.25, 0.3) is 0 Å². The molecule has 1 heterocycles. The third kappa shape index (κ3) is 4.82. The second-order valence-corrected chi connectivity index (χ2v) is 6.44. The predicted octanol–water partition coefficient (Wildman–Crippen LogP) is 2.57. The highest BCUT2D eigenvalue weighted by atomic mass is 15.2. The van der Waals surface area contributed by atoms with E-state index in [2.05, 4.69) is 52.4 Å². The lowest BCUT2D eigenvalue weighted by Crippen LogP contribution is -2.28. The Morgan fingerprint density at radius 1 is 1.28 bits per heavy atom. The second kappa shape index (κ2) is 8.67. The third-order valence-corrected chi connectivity index (χ3v) is 4.42. The van der Waals surface area contributed by atoms with Gasteiger partial charge in [-0.05, 0) is 38.1 Å². The number of guanidine groups is 1. The first kappa shape index (κ1) is 19.0. The molecule has 0 aliphatic rings. The summed E-state index contributed by atoms with van der Waals surface area (Å²) in [5.41, 5.74) is 10.9. The van der Waals surface area contributed by atoms with Crippen LogP contribution in [0, 0.1) is 0 Å². The minimum Gasteiger partial charge on any atom is -0.370 e. The number of rotatable bonds is 7. The van der Waals surface area contributed by atoms with Crippen molar-refractivity contribution in [1.29, 1.82) is 0 Å². The summed E-state index contributed by atoms with van der Waals surface area (Å²) in [4.78, 5) is 6.71.